The van der Waals surface area contributed by atoms with Crippen molar-refractivity contribution in [2.24, 2.45) is 7.05 Å². The average Bonchev–Trinajstić information content (AvgIpc) is 2.81. The molecule has 2 rings (SSSR count). The molecule has 0 amide bonds. The van der Waals surface area contributed by atoms with Crippen LogP contribution in [0.2, 0.25) is 0 Å². The van der Waals surface area contributed by atoms with Crippen molar-refractivity contribution < 1.29 is 9.85 Å². The quantitative estimate of drug-likeness (QED) is 0.614. The fourth-order valence-electron chi connectivity index (χ4n) is 3.14. The number of nitrogens with zero attached hydrogens (tertiary/aromatic N) is 4. The molecule has 22 heavy (non-hydrogen) atoms. The van der Waals surface area contributed by atoms with Crippen LogP contribution in [0.3, 0.4) is 0 Å². The van der Waals surface area contributed by atoms with Crippen molar-refractivity contribution in [2.45, 2.75) is 51.0 Å². The number of hydrogen-bond acceptors (Lipinski definition) is 5. The van der Waals surface area contributed by atoms with E-state index >= 15 is 0 Å². The highest BCUT2D eigenvalue weighted by Crippen LogP contribution is 2.36. The Morgan fingerprint density at radius 3 is 2.50 bits per heavy atom. The van der Waals surface area contributed by atoms with E-state index in [4.69, 9.17) is 0 Å². The molecule has 1 heterocycles. The first-order valence-corrected chi connectivity index (χ1v) is 7.33. The first kappa shape index (κ1) is 16.1. The molecule has 1 fully saturated rings. The first-order valence-electron chi connectivity index (χ1n) is 7.33. The van der Waals surface area contributed by atoms with Gasteiger partial charge in [-0.1, -0.05) is 12.0 Å². The summed E-state index contributed by atoms with van der Waals surface area (Å²) >= 11 is 0. The highest BCUT2D eigenvalue weighted by atomic mass is 16.6. The largest absolute Gasteiger partial charge is 0.358 e. The molecule has 0 saturated heterocycles. The molecule has 1 aromatic rings. The van der Waals surface area contributed by atoms with E-state index in [9.17, 15) is 20.2 Å². The van der Waals surface area contributed by atoms with Crippen LogP contribution in [0.25, 0.3) is 6.08 Å². The molecular weight excluding hydrogens is 288 g/mol. The molecule has 8 nitrogen and oxygen atoms in total. The number of hydrogen-bond donors (Lipinski definition) is 0. The monoisotopic (exact) mass is 308 g/mol. The van der Waals surface area contributed by atoms with Crippen LogP contribution in [0, 0.1) is 20.2 Å². The van der Waals surface area contributed by atoms with Gasteiger partial charge in [-0.25, -0.2) is 9.55 Å². The lowest BCUT2D eigenvalue weighted by atomic mass is 9.78. The highest BCUT2D eigenvalue weighted by Gasteiger charge is 2.43. The first-order chi connectivity index (χ1) is 10.4. The predicted molar refractivity (Wildman–Crippen MR) is 80.9 cm³/mol. The molecule has 8 heteroatoms. The third kappa shape index (κ3) is 3.15. The Labute approximate surface area is 128 Å². The van der Waals surface area contributed by atoms with Gasteiger partial charge in [0.05, 0.1) is 7.05 Å². The summed E-state index contributed by atoms with van der Waals surface area (Å²) in [5.74, 6) is 0.346. The maximum Gasteiger partial charge on any atom is 0.342 e. The van der Waals surface area contributed by atoms with E-state index in [-0.39, 0.29) is 10.7 Å². The Kier molecular flexibility index (Phi) is 4.58. The van der Waals surface area contributed by atoms with Crippen molar-refractivity contribution in [3.63, 3.8) is 0 Å². The minimum absolute atomic E-state index is 0.0966. The van der Waals surface area contributed by atoms with E-state index in [1.54, 1.807) is 13.1 Å². The van der Waals surface area contributed by atoms with Crippen LogP contribution >= 0.6 is 0 Å². The van der Waals surface area contributed by atoms with Crippen LogP contribution in [0.1, 0.15) is 51.3 Å². The van der Waals surface area contributed by atoms with Crippen molar-refractivity contribution in [2.75, 3.05) is 0 Å². The van der Waals surface area contributed by atoms with Crippen molar-refractivity contribution >= 4 is 11.9 Å². The van der Waals surface area contributed by atoms with Crippen molar-refractivity contribution in [3.05, 3.63) is 37.8 Å². The number of rotatable bonds is 5. The summed E-state index contributed by atoms with van der Waals surface area (Å²) < 4.78 is 1.38. The highest BCUT2D eigenvalue weighted by molar-refractivity contribution is 5.47. The molecular formula is C14H20N4O4. The maximum atomic E-state index is 11.5. The van der Waals surface area contributed by atoms with Gasteiger partial charge in [-0.2, -0.15) is 0 Å². The van der Waals surface area contributed by atoms with Gasteiger partial charge in [0.25, 0.3) is 0 Å². The zero-order valence-electron chi connectivity index (χ0n) is 12.8. The van der Waals surface area contributed by atoms with E-state index in [0.717, 1.165) is 24.8 Å². The van der Waals surface area contributed by atoms with Gasteiger partial charge >= 0.3 is 5.82 Å². The van der Waals surface area contributed by atoms with Gasteiger partial charge < -0.3 is 10.1 Å². The van der Waals surface area contributed by atoms with Crippen molar-refractivity contribution in [1.82, 2.24) is 9.55 Å². The smallest absolute Gasteiger partial charge is 0.342 e. The fraction of sp³-hybridized carbons (Fsp3) is 0.643. The molecule has 1 saturated carbocycles. The second-order valence-electron chi connectivity index (χ2n) is 6.00. The molecule has 0 atom stereocenters. The summed E-state index contributed by atoms with van der Waals surface area (Å²) in [4.78, 5) is 25.7. The van der Waals surface area contributed by atoms with Gasteiger partial charge in [-0.05, 0) is 24.7 Å². The normalized spacial score (nSPS) is 18.2. The van der Waals surface area contributed by atoms with Crippen LogP contribution in [0.5, 0.6) is 0 Å². The zero-order chi connectivity index (χ0) is 16.3. The third-order valence-corrected chi connectivity index (χ3v) is 4.34. The van der Waals surface area contributed by atoms with Crippen molar-refractivity contribution in [3.8, 4) is 0 Å². The standard InChI is InChI=1S/C14H20N4O4/c1-11(8-12-15-10-13(16(12)2)17(19)20)9-14(18(21)22)6-4-3-5-7-14/h8,10H,3-7,9H2,1-2H3/b11-8+. The lowest BCUT2D eigenvalue weighted by Crippen LogP contribution is -2.40. The summed E-state index contributed by atoms with van der Waals surface area (Å²) in [6, 6.07) is 0. The Balaban J connectivity index is 2.21. The van der Waals surface area contributed by atoms with Crippen LogP contribution < -0.4 is 0 Å². The molecule has 1 aliphatic carbocycles. The summed E-state index contributed by atoms with van der Waals surface area (Å²) in [6.07, 6.45) is 7.24. The predicted octanol–water partition coefficient (Wildman–Crippen LogP) is 3.10. The van der Waals surface area contributed by atoms with Gasteiger partial charge in [0.2, 0.25) is 11.4 Å². The van der Waals surface area contributed by atoms with E-state index in [2.05, 4.69) is 4.98 Å². The Bertz CT molecular complexity index is 614. The maximum absolute atomic E-state index is 11.5. The Morgan fingerprint density at radius 1 is 1.36 bits per heavy atom. The van der Waals surface area contributed by atoms with E-state index in [0.29, 0.717) is 25.1 Å². The van der Waals surface area contributed by atoms with Crippen LogP contribution in [-0.4, -0.2) is 24.9 Å². The molecule has 0 N–H and O–H groups in total. The van der Waals surface area contributed by atoms with Crippen LogP contribution in [0.4, 0.5) is 5.82 Å². The summed E-state index contributed by atoms with van der Waals surface area (Å²) in [5.41, 5.74) is -0.0714. The minimum atomic E-state index is -0.893. The molecule has 120 valence electrons. The van der Waals surface area contributed by atoms with Crippen LogP contribution in [-0.2, 0) is 7.05 Å². The van der Waals surface area contributed by atoms with Gasteiger partial charge in [0.1, 0.15) is 6.20 Å². The summed E-state index contributed by atoms with van der Waals surface area (Å²) in [6.45, 7) is 1.82. The lowest BCUT2D eigenvalue weighted by Gasteiger charge is -2.29. The Hall–Kier alpha value is -2.25. The minimum Gasteiger partial charge on any atom is -0.358 e. The molecule has 0 radical (unpaired) electrons. The van der Waals surface area contributed by atoms with E-state index in [1.807, 2.05) is 6.92 Å². The number of imidazole rings is 1. The van der Waals surface area contributed by atoms with Gasteiger partial charge in [-0.15, -0.1) is 0 Å². The summed E-state index contributed by atoms with van der Waals surface area (Å²) in [7, 11) is 1.56. The number of nitro groups is 2. The van der Waals surface area contributed by atoms with Gasteiger partial charge in [0, 0.05) is 30.3 Å². The van der Waals surface area contributed by atoms with Gasteiger partial charge in [-0.3, -0.25) is 10.1 Å². The second kappa shape index (κ2) is 6.25. The molecule has 0 unspecified atom stereocenters. The molecule has 0 aliphatic heterocycles. The lowest BCUT2D eigenvalue weighted by molar-refractivity contribution is -0.574. The molecule has 1 aliphatic rings. The zero-order valence-corrected chi connectivity index (χ0v) is 12.8. The van der Waals surface area contributed by atoms with E-state index in [1.165, 1.54) is 10.8 Å². The molecule has 0 bridgehead atoms. The second-order valence-corrected chi connectivity index (χ2v) is 6.00. The Morgan fingerprint density at radius 2 is 2.00 bits per heavy atom. The topological polar surface area (TPSA) is 104 Å². The number of aromatic nitrogens is 2. The third-order valence-electron chi connectivity index (χ3n) is 4.34. The molecule has 0 aromatic carbocycles. The van der Waals surface area contributed by atoms with E-state index < -0.39 is 10.5 Å². The van der Waals surface area contributed by atoms with Crippen LogP contribution in [0.15, 0.2) is 11.8 Å². The molecule has 1 aromatic heterocycles. The summed E-state index contributed by atoms with van der Waals surface area (Å²) in [5, 5.41) is 22.3. The average molecular weight is 308 g/mol. The van der Waals surface area contributed by atoms with Gasteiger partial charge in [0.15, 0.2) is 0 Å². The fourth-order valence-corrected chi connectivity index (χ4v) is 3.14. The SMILES string of the molecule is C/C(=C\c1ncc([N+](=O)[O-])n1C)CC1([N+](=O)[O-])CCCCC1. The van der Waals surface area contributed by atoms with Crippen molar-refractivity contribution in [1.29, 1.82) is 0 Å². The molecule has 0 spiro atoms.